The van der Waals surface area contributed by atoms with Gasteiger partial charge in [0, 0.05) is 63.9 Å². The van der Waals surface area contributed by atoms with Crippen molar-refractivity contribution >= 4 is 95.1 Å². The molecule has 0 bridgehead atoms. The van der Waals surface area contributed by atoms with E-state index >= 15 is 0 Å². The summed E-state index contributed by atoms with van der Waals surface area (Å²) in [5.74, 6) is 0.876. The van der Waals surface area contributed by atoms with Gasteiger partial charge < -0.3 is 24.2 Å². The fourth-order valence-electron chi connectivity index (χ4n) is 3.24. The number of morpholine rings is 2. The van der Waals surface area contributed by atoms with Crippen LogP contribution in [0.2, 0.25) is 0 Å². The standard InChI is InChI=1S/C10H18ClNO3.C6H13NO2.C6H15N.C4H6Cl2O.CH2Cl2.In.4H/c11-3-1-2-10(13)15-9-6-12-4-7-14-8-5-12;8-4-1-7-2-5-9-6-3-7;1-4-7(5-2)6-3;5-3-1-2-4(6)7;2-1-3;;;;;/h1-9H2;8H,1-6H2;4-6H2,1-3H3;1-3H2;1H2;;;;;/q;;;;;-1;;;;. The third-order valence-corrected chi connectivity index (χ3v) is 6.38. The van der Waals surface area contributed by atoms with E-state index in [0.29, 0.717) is 44.1 Å². The average molecular weight is 813 g/mol. The maximum absolute atomic E-state index is 11.1. The Labute approximate surface area is 298 Å². The van der Waals surface area contributed by atoms with Gasteiger partial charge in [-0.3, -0.25) is 19.4 Å². The van der Waals surface area contributed by atoms with Crippen molar-refractivity contribution in [3.63, 3.8) is 0 Å². The van der Waals surface area contributed by atoms with Crippen LogP contribution in [-0.2, 0) is 23.8 Å². The van der Waals surface area contributed by atoms with Gasteiger partial charge in [0.1, 0.15) is 6.61 Å². The number of nitrogens with zero attached hydrogens (tertiary/aromatic N) is 3. The molecule has 256 valence electrons. The molecule has 0 aromatic carbocycles. The first-order chi connectivity index (χ1) is 19.8. The van der Waals surface area contributed by atoms with Crippen molar-refractivity contribution in [1.82, 2.24) is 14.7 Å². The number of carbonyl (C=O) groups excluding carboxylic acids is 2. The number of ether oxygens (including phenoxy) is 3. The minimum absolute atomic E-state index is 0. The fourth-order valence-corrected chi connectivity index (χ4v) is 3.64. The van der Waals surface area contributed by atoms with Crippen LogP contribution < -0.4 is 0 Å². The molecule has 0 radical (unpaired) electrons. The Kier molecular flexibility index (Phi) is 50.3. The summed E-state index contributed by atoms with van der Waals surface area (Å²) < 4.78 is 15.4. The fraction of sp³-hybridized carbons (Fsp3) is 0.926. The molecule has 0 spiro atoms. The van der Waals surface area contributed by atoms with Gasteiger partial charge in [0.25, 0.3) is 0 Å². The van der Waals surface area contributed by atoms with Crippen LogP contribution in [-0.4, -0.2) is 173 Å². The van der Waals surface area contributed by atoms with Crippen LogP contribution in [0.15, 0.2) is 0 Å². The number of β-amino-alcohol motifs (C(OH)–C–C–N with tert-alkyl or cyclic N) is 1. The third-order valence-electron chi connectivity index (χ3n) is 5.66. The Morgan fingerprint density at radius 3 is 1.50 bits per heavy atom. The molecule has 2 heterocycles. The maximum atomic E-state index is 11.1. The van der Waals surface area contributed by atoms with Crippen molar-refractivity contribution in [2.24, 2.45) is 0 Å². The number of halogens is 5. The molecule has 0 atom stereocenters. The van der Waals surface area contributed by atoms with Gasteiger partial charge in [-0.05, 0) is 44.1 Å². The van der Waals surface area contributed by atoms with E-state index in [-0.39, 0.29) is 49.0 Å². The molecule has 0 amide bonds. The second-order valence-electron chi connectivity index (χ2n) is 8.51. The summed E-state index contributed by atoms with van der Waals surface area (Å²) in [6.07, 6.45) is 2.19. The number of rotatable bonds is 14. The molecule has 1 N–H and O–H groups in total. The minimum atomic E-state index is -0.305. The van der Waals surface area contributed by atoms with E-state index in [9.17, 15) is 9.59 Å². The summed E-state index contributed by atoms with van der Waals surface area (Å²) in [7, 11) is 0. The first-order valence-corrected chi connectivity index (χ1v) is 16.8. The van der Waals surface area contributed by atoms with Crippen molar-refractivity contribution in [3.05, 3.63) is 0 Å². The van der Waals surface area contributed by atoms with Crippen molar-refractivity contribution in [2.45, 2.75) is 46.5 Å². The second kappa shape index (κ2) is 42.2. The molecule has 2 aliphatic heterocycles. The van der Waals surface area contributed by atoms with Crippen LogP contribution in [0.4, 0.5) is 0 Å². The Morgan fingerprint density at radius 1 is 0.786 bits per heavy atom. The van der Waals surface area contributed by atoms with Gasteiger partial charge in [0.15, 0.2) is 0 Å². The number of hydrogen-bond acceptors (Lipinski definition) is 9. The summed E-state index contributed by atoms with van der Waals surface area (Å²) in [5.41, 5.74) is 0. The molecular formula is C27H58Cl5InN3O6-. The van der Waals surface area contributed by atoms with Gasteiger partial charge in [0.2, 0.25) is 5.24 Å². The van der Waals surface area contributed by atoms with E-state index in [2.05, 4.69) is 35.5 Å². The molecular weight excluding hydrogens is 754 g/mol. The summed E-state index contributed by atoms with van der Waals surface area (Å²) in [6, 6.07) is 0. The predicted octanol–water partition coefficient (Wildman–Crippen LogP) is 3.28. The molecule has 2 rings (SSSR count). The number of aliphatic hydroxyl groups is 1. The van der Waals surface area contributed by atoms with Crippen LogP contribution in [0, 0.1) is 0 Å². The molecule has 9 nitrogen and oxygen atoms in total. The van der Waals surface area contributed by atoms with Crippen LogP contribution in [0.5, 0.6) is 0 Å². The van der Waals surface area contributed by atoms with E-state index in [4.69, 9.17) is 77.3 Å². The van der Waals surface area contributed by atoms with Crippen molar-refractivity contribution in [2.75, 3.05) is 116 Å². The molecule has 0 aromatic heterocycles. The SMILES string of the molecule is CCN(CC)CC.ClCCl.O=C(CCCCl)OCCN1CCOCC1.O=C(Cl)CCCCl.OCCN1CCOCC1.[InH4-]. The summed E-state index contributed by atoms with van der Waals surface area (Å²) in [5, 5.41) is 8.43. The molecule has 15 heteroatoms. The summed E-state index contributed by atoms with van der Waals surface area (Å²) in [6.45, 7) is 19.5. The van der Waals surface area contributed by atoms with Gasteiger partial charge in [-0.2, -0.15) is 0 Å². The topological polar surface area (TPSA) is 91.8 Å². The zero-order valence-corrected chi connectivity index (χ0v) is 29.1. The first-order valence-electron chi connectivity index (χ1n) is 14.3. The number of alkyl halides is 4. The molecule has 0 aliphatic carbocycles. The second-order valence-corrected chi connectivity index (χ2v) is 10.5. The number of carbonyl (C=O) groups is 2. The number of hydrogen-bond donors (Lipinski definition) is 1. The molecule has 2 saturated heterocycles. The Bertz CT molecular complexity index is 542. The van der Waals surface area contributed by atoms with E-state index in [1.165, 1.54) is 19.6 Å². The zero-order chi connectivity index (χ0) is 31.6. The Hall–Kier alpha value is 1.22. The first kappa shape index (κ1) is 50.1. The molecule has 0 aromatic rings. The van der Waals surface area contributed by atoms with Crippen LogP contribution in [0.25, 0.3) is 0 Å². The molecule has 0 saturated carbocycles. The van der Waals surface area contributed by atoms with E-state index in [1.54, 1.807) is 0 Å². The van der Waals surface area contributed by atoms with Gasteiger partial charge in [-0.25, -0.2) is 0 Å². The van der Waals surface area contributed by atoms with Gasteiger partial charge in [-0.15, -0.1) is 46.4 Å². The number of esters is 1. The van der Waals surface area contributed by atoms with Crippen LogP contribution in [0.3, 0.4) is 0 Å². The third kappa shape index (κ3) is 41.2. The van der Waals surface area contributed by atoms with E-state index in [0.717, 1.165) is 65.7 Å². The van der Waals surface area contributed by atoms with Crippen LogP contribution in [0.1, 0.15) is 46.5 Å². The van der Waals surface area contributed by atoms with Crippen LogP contribution >= 0.6 is 58.0 Å². The Balaban J connectivity index is -0.000000232. The molecule has 0 unspecified atom stereocenters. The number of aliphatic hydroxyl groups excluding tert-OH is 1. The Morgan fingerprint density at radius 2 is 1.19 bits per heavy atom. The van der Waals surface area contributed by atoms with Gasteiger partial charge >= 0.3 is 31.8 Å². The molecule has 2 aliphatic rings. The quantitative estimate of drug-likeness (QED) is 0.161. The molecule has 2 fully saturated rings. The normalized spacial score (nSPS) is 14.7. The van der Waals surface area contributed by atoms with Crippen molar-refractivity contribution in [1.29, 1.82) is 0 Å². The van der Waals surface area contributed by atoms with Gasteiger partial charge in [-0.1, -0.05) is 20.8 Å². The van der Waals surface area contributed by atoms with Gasteiger partial charge in [0.05, 0.1) is 38.4 Å². The monoisotopic (exact) mass is 810 g/mol. The van der Waals surface area contributed by atoms with E-state index < -0.39 is 0 Å². The average Bonchev–Trinajstić information content (AvgIpc) is 2.98. The van der Waals surface area contributed by atoms with E-state index in [1.807, 2.05) is 0 Å². The van der Waals surface area contributed by atoms with Crippen molar-refractivity contribution < 1.29 is 28.9 Å². The summed E-state index contributed by atoms with van der Waals surface area (Å²) in [4.78, 5) is 27.8. The predicted molar refractivity (Wildman–Crippen MR) is 185 cm³/mol. The zero-order valence-electron chi connectivity index (χ0n) is 25.3. The van der Waals surface area contributed by atoms with Crippen molar-refractivity contribution in [3.8, 4) is 0 Å². The summed E-state index contributed by atoms with van der Waals surface area (Å²) >= 11 is 25.2. The molecule has 42 heavy (non-hydrogen) atoms.